The van der Waals surface area contributed by atoms with Crippen LogP contribution in [-0.2, 0) is 21.3 Å². The maximum Gasteiger partial charge on any atom is 0.158 e. The van der Waals surface area contributed by atoms with Gasteiger partial charge in [0.05, 0.1) is 11.5 Å². The SMILES string of the molecule is O=S(=O)(Cc1cc(O)ccc1O)Cc1cc(O)ccc1O. The Morgan fingerprint density at radius 3 is 1.48 bits per heavy atom. The van der Waals surface area contributed by atoms with Crippen molar-refractivity contribution < 1.29 is 28.8 Å². The third-order valence-electron chi connectivity index (χ3n) is 2.88. The summed E-state index contributed by atoms with van der Waals surface area (Å²) in [5.74, 6) is -1.78. The number of hydrogen-bond acceptors (Lipinski definition) is 6. The average molecular weight is 310 g/mol. The van der Waals surface area contributed by atoms with Crippen molar-refractivity contribution in [2.45, 2.75) is 11.5 Å². The molecule has 0 aliphatic rings. The minimum atomic E-state index is -3.71. The van der Waals surface area contributed by atoms with Gasteiger partial charge in [0.25, 0.3) is 0 Å². The molecule has 0 saturated heterocycles. The zero-order valence-electron chi connectivity index (χ0n) is 10.9. The third kappa shape index (κ3) is 3.79. The van der Waals surface area contributed by atoms with Gasteiger partial charge < -0.3 is 20.4 Å². The van der Waals surface area contributed by atoms with Gasteiger partial charge in [-0.2, -0.15) is 0 Å². The van der Waals surface area contributed by atoms with Crippen molar-refractivity contribution in [1.82, 2.24) is 0 Å². The van der Waals surface area contributed by atoms with Crippen molar-refractivity contribution in [3.05, 3.63) is 47.5 Å². The van der Waals surface area contributed by atoms with Crippen LogP contribution in [0.15, 0.2) is 36.4 Å². The summed E-state index contributed by atoms with van der Waals surface area (Å²) >= 11 is 0. The van der Waals surface area contributed by atoms with Crippen molar-refractivity contribution in [2.24, 2.45) is 0 Å². The van der Waals surface area contributed by atoms with E-state index >= 15 is 0 Å². The highest BCUT2D eigenvalue weighted by molar-refractivity contribution is 7.89. The van der Waals surface area contributed by atoms with Crippen LogP contribution in [0.4, 0.5) is 0 Å². The van der Waals surface area contributed by atoms with Crippen LogP contribution >= 0.6 is 0 Å². The van der Waals surface area contributed by atoms with E-state index in [1.54, 1.807) is 0 Å². The number of aromatic hydroxyl groups is 4. The van der Waals surface area contributed by atoms with Gasteiger partial charge >= 0.3 is 0 Å². The molecule has 0 atom stereocenters. The highest BCUT2D eigenvalue weighted by Gasteiger charge is 2.18. The Balaban J connectivity index is 2.26. The maximum absolute atomic E-state index is 12.1. The molecule has 7 heteroatoms. The summed E-state index contributed by atoms with van der Waals surface area (Å²) in [4.78, 5) is 0. The molecule has 0 heterocycles. The summed E-state index contributed by atoms with van der Waals surface area (Å²) in [5, 5.41) is 37.8. The van der Waals surface area contributed by atoms with Gasteiger partial charge in [-0.3, -0.25) is 0 Å². The molecule has 0 radical (unpaired) electrons. The van der Waals surface area contributed by atoms with Crippen LogP contribution in [0.1, 0.15) is 11.1 Å². The van der Waals surface area contributed by atoms with Gasteiger partial charge in [-0.25, -0.2) is 8.42 Å². The highest BCUT2D eigenvalue weighted by Crippen LogP contribution is 2.28. The second-order valence-corrected chi connectivity index (χ2v) is 6.72. The van der Waals surface area contributed by atoms with E-state index in [-0.39, 0.29) is 34.1 Å². The minimum absolute atomic E-state index is 0.0645. The minimum Gasteiger partial charge on any atom is -0.508 e. The number of phenols is 4. The van der Waals surface area contributed by atoms with E-state index < -0.39 is 21.3 Å². The smallest absolute Gasteiger partial charge is 0.158 e. The van der Waals surface area contributed by atoms with Crippen LogP contribution in [0.3, 0.4) is 0 Å². The van der Waals surface area contributed by atoms with Gasteiger partial charge in [-0.05, 0) is 36.4 Å². The van der Waals surface area contributed by atoms with Crippen molar-refractivity contribution in [3.8, 4) is 23.0 Å². The fraction of sp³-hybridized carbons (Fsp3) is 0.143. The topological polar surface area (TPSA) is 115 Å². The quantitative estimate of drug-likeness (QED) is 0.638. The Hall–Kier alpha value is -2.41. The van der Waals surface area contributed by atoms with E-state index in [2.05, 4.69) is 0 Å². The second kappa shape index (κ2) is 5.53. The van der Waals surface area contributed by atoms with E-state index in [9.17, 15) is 28.8 Å². The lowest BCUT2D eigenvalue weighted by Gasteiger charge is -2.09. The Labute approximate surface area is 121 Å². The number of sulfone groups is 1. The fourth-order valence-corrected chi connectivity index (χ4v) is 3.41. The number of phenolic OH excluding ortho intramolecular Hbond substituents is 4. The highest BCUT2D eigenvalue weighted by atomic mass is 32.2. The number of hydrogen-bond donors (Lipinski definition) is 4. The largest absolute Gasteiger partial charge is 0.508 e. The Morgan fingerprint density at radius 2 is 1.10 bits per heavy atom. The zero-order valence-corrected chi connectivity index (χ0v) is 11.7. The lowest BCUT2D eigenvalue weighted by Crippen LogP contribution is -2.08. The van der Waals surface area contributed by atoms with Crippen LogP contribution in [0.2, 0.25) is 0 Å². The number of rotatable bonds is 4. The molecule has 2 aromatic carbocycles. The molecule has 0 spiro atoms. The molecule has 21 heavy (non-hydrogen) atoms. The molecule has 0 aliphatic carbocycles. The fourth-order valence-electron chi connectivity index (χ4n) is 1.90. The lowest BCUT2D eigenvalue weighted by atomic mass is 10.2. The molecular formula is C14H14O6S. The third-order valence-corrected chi connectivity index (χ3v) is 4.38. The Kier molecular flexibility index (Phi) is 3.95. The lowest BCUT2D eigenvalue weighted by molar-refractivity contribution is 0.454. The summed E-state index contributed by atoms with van der Waals surface area (Å²) in [6.45, 7) is 0. The van der Waals surface area contributed by atoms with Crippen molar-refractivity contribution in [3.63, 3.8) is 0 Å². The van der Waals surface area contributed by atoms with Crippen molar-refractivity contribution in [1.29, 1.82) is 0 Å². The van der Waals surface area contributed by atoms with E-state index in [1.807, 2.05) is 0 Å². The normalized spacial score (nSPS) is 11.4. The molecule has 0 aliphatic heterocycles. The van der Waals surface area contributed by atoms with Crippen LogP contribution in [0.5, 0.6) is 23.0 Å². The van der Waals surface area contributed by atoms with Crippen LogP contribution in [-0.4, -0.2) is 28.8 Å². The molecule has 2 aromatic rings. The molecule has 2 rings (SSSR count). The molecule has 0 fully saturated rings. The Bertz CT molecular complexity index is 708. The first kappa shape index (κ1) is 15.0. The zero-order chi connectivity index (χ0) is 15.6. The van der Waals surface area contributed by atoms with Gasteiger partial charge in [0.2, 0.25) is 0 Å². The first-order valence-electron chi connectivity index (χ1n) is 5.99. The van der Waals surface area contributed by atoms with E-state index in [0.717, 1.165) is 12.1 Å². The molecular weight excluding hydrogens is 296 g/mol. The van der Waals surface area contributed by atoms with Crippen LogP contribution < -0.4 is 0 Å². The summed E-state index contributed by atoms with van der Waals surface area (Å²) < 4.78 is 24.2. The van der Waals surface area contributed by atoms with E-state index in [0.29, 0.717) is 0 Å². The van der Waals surface area contributed by atoms with Gasteiger partial charge in [0, 0.05) is 11.1 Å². The second-order valence-electron chi connectivity index (χ2n) is 4.66. The monoisotopic (exact) mass is 310 g/mol. The first-order valence-corrected chi connectivity index (χ1v) is 7.81. The molecule has 0 aromatic heterocycles. The van der Waals surface area contributed by atoms with Gasteiger partial charge in [-0.15, -0.1) is 0 Å². The Morgan fingerprint density at radius 1 is 0.714 bits per heavy atom. The summed E-state index contributed by atoms with van der Waals surface area (Å²) in [5.41, 5.74) is 0.129. The van der Waals surface area contributed by atoms with Crippen LogP contribution in [0, 0.1) is 0 Å². The average Bonchev–Trinajstić information content (AvgIpc) is 2.37. The van der Waals surface area contributed by atoms with Gasteiger partial charge in [0.15, 0.2) is 9.84 Å². The first-order chi connectivity index (χ1) is 9.77. The van der Waals surface area contributed by atoms with E-state index in [1.165, 1.54) is 24.3 Å². The predicted octanol–water partition coefficient (Wildman–Crippen LogP) is 1.62. The molecule has 112 valence electrons. The predicted molar refractivity (Wildman–Crippen MR) is 75.9 cm³/mol. The summed E-state index contributed by atoms with van der Waals surface area (Å²) in [6, 6.07) is 7.21. The molecule has 4 N–H and O–H groups in total. The molecule has 0 saturated carbocycles. The van der Waals surface area contributed by atoms with Gasteiger partial charge in [-0.1, -0.05) is 0 Å². The standard InChI is InChI=1S/C14H14O6S/c15-11-1-3-13(17)9(5-11)7-21(19,20)8-10-6-12(16)2-4-14(10)18/h1-6,15-18H,7-8H2. The maximum atomic E-state index is 12.1. The van der Waals surface area contributed by atoms with E-state index in [4.69, 9.17) is 0 Å². The van der Waals surface area contributed by atoms with Gasteiger partial charge in [0.1, 0.15) is 23.0 Å². The summed E-state index contributed by atoms with van der Waals surface area (Å²) in [7, 11) is -3.71. The van der Waals surface area contributed by atoms with Crippen LogP contribution in [0.25, 0.3) is 0 Å². The van der Waals surface area contributed by atoms with Crippen molar-refractivity contribution in [2.75, 3.05) is 0 Å². The number of benzene rings is 2. The molecule has 0 amide bonds. The molecule has 0 bridgehead atoms. The molecule has 6 nitrogen and oxygen atoms in total. The van der Waals surface area contributed by atoms with Crippen molar-refractivity contribution >= 4 is 9.84 Å². The molecule has 0 unspecified atom stereocenters. The summed E-state index contributed by atoms with van der Waals surface area (Å²) in [6.07, 6.45) is 0.